The Bertz CT molecular complexity index is 162. The number of ether oxygens (including phenoxy) is 2. The number of hydrogen-bond acceptors (Lipinski definition) is 3. The highest BCUT2D eigenvalue weighted by Gasteiger charge is 2.26. The molecule has 0 aromatic heterocycles. The second-order valence-corrected chi connectivity index (χ2v) is 4.80. The molecule has 2 unspecified atom stereocenters. The van der Waals surface area contributed by atoms with Gasteiger partial charge in [0.25, 0.3) is 0 Å². The average molecular weight is 215 g/mol. The maximum Gasteiger partial charge on any atom is 0.0704 e. The third kappa shape index (κ3) is 4.96. The monoisotopic (exact) mass is 215 g/mol. The summed E-state index contributed by atoms with van der Waals surface area (Å²) >= 11 is 0. The molecule has 2 atom stereocenters. The molecule has 1 fully saturated rings. The molecule has 90 valence electrons. The molecular weight excluding hydrogens is 190 g/mol. The Hall–Kier alpha value is -0.120. The molecule has 1 saturated carbocycles. The van der Waals surface area contributed by atoms with Crippen molar-refractivity contribution < 1.29 is 9.47 Å². The van der Waals surface area contributed by atoms with Gasteiger partial charge in [0.2, 0.25) is 0 Å². The molecule has 0 aromatic carbocycles. The van der Waals surface area contributed by atoms with Crippen molar-refractivity contribution in [1.29, 1.82) is 0 Å². The van der Waals surface area contributed by atoms with E-state index in [1.165, 1.54) is 19.3 Å². The van der Waals surface area contributed by atoms with Gasteiger partial charge in [-0.15, -0.1) is 0 Å². The Kier molecular flexibility index (Phi) is 6.22. The Morgan fingerprint density at radius 3 is 2.73 bits per heavy atom. The van der Waals surface area contributed by atoms with Gasteiger partial charge in [0.1, 0.15) is 0 Å². The van der Waals surface area contributed by atoms with Crippen molar-refractivity contribution in [2.75, 3.05) is 26.4 Å². The Morgan fingerprint density at radius 1 is 1.27 bits per heavy atom. The van der Waals surface area contributed by atoms with E-state index < -0.39 is 0 Å². The van der Waals surface area contributed by atoms with E-state index >= 15 is 0 Å². The quantitative estimate of drug-likeness (QED) is 0.659. The molecule has 0 bridgehead atoms. The van der Waals surface area contributed by atoms with E-state index in [0.29, 0.717) is 31.2 Å². The first-order valence-corrected chi connectivity index (χ1v) is 6.13. The summed E-state index contributed by atoms with van der Waals surface area (Å²) in [6.07, 6.45) is 4.05. The minimum Gasteiger partial charge on any atom is -0.379 e. The number of rotatable bonds is 7. The lowest BCUT2D eigenvalue weighted by molar-refractivity contribution is -0.0138. The zero-order valence-electron chi connectivity index (χ0n) is 10.1. The molecule has 0 amide bonds. The molecule has 2 N–H and O–H groups in total. The first kappa shape index (κ1) is 12.9. The van der Waals surface area contributed by atoms with Gasteiger partial charge >= 0.3 is 0 Å². The molecule has 3 nitrogen and oxygen atoms in total. The molecule has 0 radical (unpaired) electrons. The van der Waals surface area contributed by atoms with Crippen LogP contribution in [0.15, 0.2) is 0 Å². The van der Waals surface area contributed by atoms with Crippen LogP contribution in [-0.2, 0) is 9.47 Å². The van der Waals surface area contributed by atoms with E-state index in [4.69, 9.17) is 15.2 Å². The topological polar surface area (TPSA) is 44.5 Å². The fourth-order valence-electron chi connectivity index (χ4n) is 2.07. The SMILES string of the molecule is CC(C)COCCOC1CCCC1CN. The van der Waals surface area contributed by atoms with Crippen LogP contribution in [0.2, 0.25) is 0 Å². The number of nitrogens with two attached hydrogens (primary N) is 1. The third-order valence-electron chi connectivity index (χ3n) is 2.90. The van der Waals surface area contributed by atoms with E-state index in [0.717, 1.165) is 13.2 Å². The van der Waals surface area contributed by atoms with Crippen LogP contribution >= 0.6 is 0 Å². The maximum absolute atomic E-state index is 5.78. The lowest BCUT2D eigenvalue weighted by Crippen LogP contribution is -2.26. The van der Waals surface area contributed by atoms with Crippen LogP contribution in [0, 0.1) is 11.8 Å². The first-order valence-electron chi connectivity index (χ1n) is 6.13. The summed E-state index contributed by atoms with van der Waals surface area (Å²) in [5.41, 5.74) is 5.68. The molecule has 3 heteroatoms. The smallest absolute Gasteiger partial charge is 0.0704 e. The highest BCUT2D eigenvalue weighted by molar-refractivity contribution is 4.78. The molecule has 0 aromatic rings. The molecule has 15 heavy (non-hydrogen) atoms. The van der Waals surface area contributed by atoms with Crippen molar-refractivity contribution in [3.8, 4) is 0 Å². The molecule has 0 saturated heterocycles. The van der Waals surface area contributed by atoms with E-state index in [1.54, 1.807) is 0 Å². The van der Waals surface area contributed by atoms with Gasteiger partial charge in [-0.25, -0.2) is 0 Å². The highest BCUT2D eigenvalue weighted by Crippen LogP contribution is 2.27. The van der Waals surface area contributed by atoms with Gasteiger partial charge < -0.3 is 15.2 Å². The van der Waals surface area contributed by atoms with Crippen molar-refractivity contribution in [3.05, 3.63) is 0 Å². The average Bonchev–Trinajstić information content (AvgIpc) is 2.64. The first-order chi connectivity index (χ1) is 7.24. The normalized spacial score (nSPS) is 26.4. The van der Waals surface area contributed by atoms with E-state index in [9.17, 15) is 0 Å². The summed E-state index contributed by atoms with van der Waals surface area (Å²) in [5.74, 6) is 1.18. The molecule has 1 aliphatic rings. The molecule has 1 aliphatic carbocycles. The van der Waals surface area contributed by atoms with Crippen LogP contribution in [0.4, 0.5) is 0 Å². The molecule has 0 aliphatic heterocycles. The lowest BCUT2D eigenvalue weighted by atomic mass is 10.1. The predicted molar refractivity (Wildman–Crippen MR) is 61.8 cm³/mol. The van der Waals surface area contributed by atoms with Gasteiger partial charge in [-0.3, -0.25) is 0 Å². The van der Waals surface area contributed by atoms with Gasteiger partial charge in [0, 0.05) is 6.61 Å². The highest BCUT2D eigenvalue weighted by atomic mass is 16.5. The largest absolute Gasteiger partial charge is 0.379 e. The summed E-state index contributed by atoms with van der Waals surface area (Å²) in [6, 6.07) is 0. The second-order valence-electron chi connectivity index (χ2n) is 4.80. The molecule has 0 spiro atoms. The van der Waals surface area contributed by atoms with Crippen LogP contribution in [0.3, 0.4) is 0 Å². The van der Waals surface area contributed by atoms with Gasteiger partial charge in [-0.05, 0) is 31.2 Å². The number of hydrogen-bond donors (Lipinski definition) is 1. The molecule has 0 heterocycles. The van der Waals surface area contributed by atoms with Crippen LogP contribution < -0.4 is 5.73 Å². The zero-order chi connectivity index (χ0) is 11.1. The van der Waals surface area contributed by atoms with Crippen molar-refractivity contribution in [3.63, 3.8) is 0 Å². The van der Waals surface area contributed by atoms with Crippen molar-refractivity contribution in [1.82, 2.24) is 0 Å². The summed E-state index contributed by atoms with van der Waals surface area (Å²) in [5, 5.41) is 0. The van der Waals surface area contributed by atoms with E-state index in [1.807, 2.05) is 0 Å². The predicted octanol–water partition coefficient (Wildman–Crippen LogP) is 1.80. The van der Waals surface area contributed by atoms with E-state index in [-0.39, 0.29) is 0 Å². The second kappa shape index (κ2) is 7.20. The lowest BCUT2D eigenvalue weighted by Gasteiger charge is -2.18. The van der Waals surface area contributed by atoms with Crippen molar-refractivity contribution in [2.45, 2.75) is 39.2 Å². The minimum absolute atomic E-state index is 0.387. The van der Waals surface area contributed by atoms with E-state index in [2.05, 4.69) is 13.8 Å². The Labute approximate surface area is 93.3 Å². The standard InChI is InChI=1S/C12H25NO2/c1-10(2)9-14-6-7-15-12-5-3-4-11(12)8-13/h10-12H,3-9,13H2,1-2H3. The molecular formula is C12H25NO2. The minimum atomic E-state index is 0.387. The summed E-state index contributed by atoms with van der Waals surface area (Å²) in [4.78, 5) is 0. The third-order valence-corrected chi connectivity index (χ3v) is 2.90. The fraction of sp³-hybridized carbons (Fsp3) is 1.00. The Morgan fingerprint density at radius 2 is 2.07 bits per heavy atom. The summed E-state index contributed by atoms with van der Waals surface area (Å²) in [7, 11) is 0. The summed E-state index contributed by atoms with van der Waals surface area (Å²) in [6.45, 7) is 7.33. The van der Waals surface area contributed by atoms with Crippen LogP contribution in [0.25, 0.3) is 0 Å². The van der Waals surface area contributed by atoms with Gasteiger partial charge in [0.05, 0.1) is 19.3 Å². The van der Waals surface area contributed by atoms with Crippen LogP contribution in [0.1, 0.15) is 33.1 Å². The van der Waals surface area contributed by atoms with Gasteiger partial charge in [-0.2, -0.15) is 0 Å². The summed E-state index contributed by atoms with van der Waals surface area (Å²) < 4.78 is 11.3. The fourth-order valence-corrected chi connectivity index (χ4v) is 2.07. The van der Waals surface area contributed by atoms with Crippen molar-refractivity contribution in [2.24, 2.45) is 17.6 Å². The Balaban J connectivity index is 1.99. The van der Waals surface area contributed by atoms with Crippen LogP contribution in [-0.4, -0.2) is 32.5 Å². The molecule has 1 rings (SSSR count). The maximum atomic E-state index is 5.78. The van der Waals surface area contributed by atoms with Gasteiger partial charge in [-0.1, -0.05) is 20.3 Å². The van der Waals surface area contributed by atoms with Crippen LogP contribution in [0.5, 0.6) is 0 Å². The van der Waals surface area contributed by atoms with Gasteiger partial charge in [0.15, 0.2) is 0 Å². The van der Waals surface area contributed by atoms with Crippen molar-refractivity contribution >= 4 is 0 Å². The zero-order valence-corrected chi connectivity index (χ0v) is 10.1.